The smallest absolute Gasteiger partial charge is 0.258 e. The van der Waals surface area contributed by atoms with Crippen molar-refractivity contribution in [3.63, 3.8) is 0 Å². The normalized spacial score (nSPS) is 11.7. The number of ether oxygens (including phenoxy) is 2. The third-order valence-electron chi connectivity index (χ3n) is 4.76. The molecule has 158 valence electrons. The van der Waals surface area contributed by atoms with Gasteiger partial charge in [-0.15, -0.1) is 0 Å². The van der Waals surface area contributed by atoms with Crippen LogP contribution >= 0.6 is 0 Å². The molecule has 2 aromatic carbocycles. The molecule has 0 saturated heterocycles. The van der Waals surface area contributed by atoms with Gasteiger partial charge >= 0.3 is 0 Å². The summed E-state index contributed by atoms with van der Waals surface area (Å²) in [5.41, 5.74) is 2.19. The largest absolute Gasteiger partial charge is 0.497 e. The van der Waals surface area contributed by atoms with E-state index in [9.17, 15) is 4.39 Å². The summed E-state index contributed by atoms with van der Waals surface area (Å²) < 4.78 is 30.3. The lowest BCUT2D eigenvalue weighted by molar-refractivity contribution is 0.406. The number of rotatable bonds is 7. The molecule has 4 aromatic rings. The Morgan fingerprint density at radius 1 is 1.03 bits per heavy atom. The molecular weight excluding hydrogens is 399 g/mol. The molecule has 1 atom stereocenters. The van der Waals surface area contributed by atoms with Crippen molar-refractivity contribution < 1.29 is 18.4 Å². The third kappa shape index (κ3) is 4.48. The topological polar surface area (TPSA) is 82.3 Å². The van der Waals surface area contributed by atoms with Crippen LogP contribution in [0.15, 0.2) is 65.3 Å². The van der Waals surface area contributed by atoms with Crippen LogP contribution in [0.1, 0.15) is 23.0 Å². The van der Waals surface area contributed by atoms with E-state index < -0.39 is 6.04 Å². The van der Waals surface area contributed by atoms with E-state index in [-0.39, 0.29) is 5.82 Å². The summed E-state index contributed by atoms with van der Waals surface area (Å²) in [5.74, 6) is 2.35. The van der Waals surface area contributed by atoms with Gasteiger partial charge in [-0.3, -0.25) is 0 Å². The number of nitrogens with zero attached hydrogens (tertiary/aromatic N) is 3. The maximum absolute atomic E-state index is 14.2. The highest BCUT2D eigenvalue weighted by Gasteiger charge is 2.21. The van der Waals surface area contributed by atoms with Crippen molar-refractivity contribution in [1.29, 1.82) is 0 Å². The molecule has 1 N–H and O–H groups in total. The van der Waals surface area contributed by atoms with Gasteiger partial charge in [0.25, 0.3) is 5.89 Å². The lowest BCUT2D eigenvalue weighted by Gasteiger charge is -2.23. The highest BCUT2D eigenvalue weighted by molar-refractivity contribution is 5.59. The lowest BCUT2D eigenvalue weighted by atomic mass is 9.97. The first-order valence-corrected chi connectivity index (χ1v) is 9.58. The first-order valence-electron chi connectivity index (χ1n) is 9.58. The summed E-state index contributed by atoms with van der Waals surface area (Å²) in [4.78, 5) is 8.68. The van der Waals surface area contributed by atoms with Crippen LogP contribution in [-0.2, 0) is 0 Å². The maximum atomic E-state index is 14.2. The van der Waals surface area contributed by atoms with Gasteiger partial charge in [0.15, 0.2) is 5.82 Å². The second-order valence-corrected chi connectivity index (χ2v) is 6.82. The Bertz CT molecular complexity index is 1190. The van der Waals surface area contributed by atoms with E-state index in [4.69, 9.17) is 14.0 Å². The van der Waals surface area contributed by atoms with Crippen molar-refractivity contribution in [2.75, 3.05) is 19.5 Å². The molecule has 0 saturated carbocycles. The SMILES string of the molecule is COc1cccc(C(Nc2cc(-c3nc(C)no3)ccn2)c2cc(F)ccc2OC)c1. The molecule has 4 rings (SSSR count). The Labute approximate surface area is 178 Å². The average Bonchev–Trinajstić information content (AvgIpc) is 3.24. The Morgan fingerprint density at radius 2 is 1.90 bits per heavy atom. The number of hydrogen-bond donors (Lipinski definition) is 1. The molecule has 2 heterocycles. The number of halogens is 1. The minimum absolute atomic E-state index is 0.367. The van der Waals surface area contributed by atoms with E-state index in [2.05, 4.69) is 20.4 Å². The van der Waals surface area contributed by atoms with Gasteiger partial charge in [-0.2, -0.15) is 4.98 Å². The number of pyridine rings is 1. The summed E-state index contributed by atoms with van der Waals surface area (Å²) in [6.07, 6.45) is 1.64. The molecule has 7 nitrogen and oxygen atoms in total. The monoisotopic (exact) mass is 420 g/mol. The van der Waals surface area contributed by atoms with Crippen LogP contribution in [0.5, 0.6) is 11.5 Å². The second kappa shape index (κ2) is 8.83. The predicted octanol–water partition coefficient (Wildman–Crippen LogP) is 4.80. The van der Waals surface area contributed by atoms with Crippen LogP contribution in [0.25, 0.3) is 11.5 Å². The van der Waals surface area contributed by atoms with E-state index in [1.807, 2.05) is 24.3 Å². The van der Waals surface area contributed by atoms with Gasteiger partial charge in [0.1, 0.15) is 23.1 Å². The molecule has 0 aliphatic rings. The van der Waals surface area contributed by atoms with Gasteiger partial charge < -0.3 is 19.3 Å². The summed E-state index contributed by atoms with van der Waals surface area (Å²) in [6.45, 7) is 1.75. The van der Waals surface area contributed by atoms with E-state index in [1.54, 1.807) is 45.5 Å². The molecule has 0 aliphatic carbocycles. The molecule has 31 heavy (non-hydrogen) atoms. The number of benzene rings is 2. The predicted molar refractivity (Wildman–Crippen MR) is 114 cm³/mol. The summed E-state index contributed by atoms with van der Waals surface area (Å²) in [6, 6.07) is 15.1. The fourth-order valence-electron chi connectivity index (χ4n) is 3.30. The van der Waals surface area contributed by atoms with Crippen LogP contribution in [0, 0.1) is 12.7 Å². The van der Waals surface area contributed by atoms with Crippen molar-refractivity contribution >= 4 is 5.82 Å². The molecular formula is C23H21FN4O3. The molecule has 0 aliphatic heterocycles. The molecule has 0 spiro atoms. The third-order valence-corrected chi connectivity index (χ3v) is 4.76. The zero-order valence-electron chi connectivity index (χ0n) is 17.3. The lowest BCUT2D eigenvalue weighted by Crippen LogP contribution is -2.15. The van der Waals surface area contributed by atoms with Crippen molar-refractivity contribution in [3.8, 4) is 23.0 Å². The number of anilines is 1. The summed E-state index contributed by atoms with van der Waals surface area (Å²) in [7, 11) is 3.15. The standard InChI is InChI=1S/C23H21FN4O3/c1-14-26-23(31-28-14)16-9-10-25-21(12-16)27-22(15-5-4-6-18(11-15)29-2)19-13-17(24)7-8-20(19)30-3/h4-13,22H,1-3H3,(H,25,27). The van der Waals surface area contributed by atoms with Gasteiger partial charge in [0.2, 0.25) is 0 Å². The van der Waals surface area contributed by atoms with E-state index in [1.165, 1.54) is 12.1 Å². The first-order chi connectivity index (χ1) is 15.1. The van der Waals surface area contributed by atoms with Gasteiger partial charge in [-0.25, -0.2) is 9.37 Å². The molecule has 0 bridgehead atoms. The highest BCUT2D eigenvalue weighted by Crippen LogP contribution is 2.35. The number of hydrogen-bond acceptors (Lipinski definition) is 7. The zero-order chi connectivity index (χ0) is 21.8. The molecule has 1 unspecified atom stereocenters. The Kier molecular flexibility index (Phi) is 5.79. The molecule has 8 heteroatoms. The summed E-state index contributed by atoms with van der Waals surface area (Å²) in [5, 5.41) is 7.21. The molecule has 0 fully saturated rings. The second-order valence-electron chi connectivity index (χ2n) is 6.82. The number of aryl methyl sites for hydroxylation is 1. The van der Waals surface area contributed by atoms with Crippen molar-refractivity contribution in [2.45, 2.75) is 13.0 Å². The average molecular weight is 420 g/mol. The molecule has 0 radical (unpaired) electrons. The van der Waals surface area contributed by atoms with Crippen LogP contribution < -0.4 is 14.8 Å². The van der Waals surface area contributed by atoms with Gasteiger partial charge in [0, 0.05) is 17.3 Å². The minimum atomic E-state index is -0.465. The Hall–Kier alpha value is -3.94. The quantitative estimate of drug-likeness (QED) is 0.460. The van der Waals surface area contributed by atoms with E-state index in [0.29, 0.717) is 40.2 Å². The van der Waals surface area contributed by atoms with Gasteiger partial charge in [-0.05, 0) is 55.0 Å². The fourth-order valence-corrected chi connectivity index (χ4v) is 3.30. The Balaban J connectivity index is 1.78. The van der Waals surface area contributed by atoms with Crippen molar-refractivity contribution in [1.82, 2.24) is 15.1 Å². The van der Waals surface area contributed by atoms with Gasteiger partial charge in [0.05, 0.1) is 20.3 Å². The number of methoxy groups -OCH3 is 2. The van der Waals surface area contributed by atoms with Crippen LogP contribution in [-0.4, -0.2) is 29.3 Å². The van der Waals surface area contributed by atoms with Crippen LogP contribution in [0.4, 0.5) is 10.2 Å². The highest BCUT2D eigenvalue weighted by atomic mass is 19.1. The zero-order valence-corrected chi connectivity index (χ0v) is 17.3. The number of aromatic nitrogens is 3. The van der Waals surface area contributed by atoms with Crippen molar-refractivity contribution in [2.24, 2.45) is 0 Å². The van der Waals surface area contributed by atoms with E-state index in [0.717, 1.165) is 5.56 Å². The van der Waals surface area contributed by atoms with Crippen LogP contribution in [0.3, 0.4) is 0 Å². The van der Waals surface area contributed by atoms with Crippen molar-refractivity contribution in [3.05, 3.63) is 83.6 Å². The van der Waals surface area contributed by atoms with E-state index >= 15 is 0 Å². The summed E-state index contributed by atoms with van der Waals surface area (Å²) >= 11 is 0. The molecule has 2 aromatic heterocycles. The minimum Gasteiger partial charge on any atom is -0.497 e. The fraction of sp³-hybridized carbons (Fsp3) is 0.174. The first kappa shape index (κ1) is 20.3. The van der Waals surface area contributed by atoms with Crippen LogP contribution in [0.2, 0.25) is 0 Å². The molecule has 0 amide bonds. The number of nitrogens with one attached hydrogen (secondary N) is 1. The van der Waals surface area contributed by atoms with Gasteiger partial charge in [-0.1, -0.05) is 17.3 Å². The Morgan fingerprint density at radius 3 is 2.65 bits per heavy atom. The maximum Gasteiger partial charge on any atom is 0.258 e.